The monoisotopic (exact) mass is 207 g/mol. The summed E-state index contributed by atoms with van der Waals surface area (Å²) in [6, 6.07) is 6.25. The average Bonchev–Trinajstić information content (AvgIpc) is 2.21. The van der Waals surface area contributed by atoms with Crippen LogP contribution in [0.15, 0.2) is 18.2 Å². The SMILES string of the molecule is CNC(C)(C)Cc1ccc(OC)cc1C. The van der Waals surface area contributed by atoms with E-state index in [4.69, 9.17) is 4.74 Å². The Labute approximate surface area is 92.6 Å². The van der Waals surface area contributed by atoms with Crippen LogP contribution in [0.4, 0.5) is 0 Å². The molecule has 0 heterocycles. The van der Waals surface area contributed by atoms with Crippen LogP contribution >= 0.6 is 0 Å². The minimum Gasteiger partial charge on any atom is -0.497 e. The van der Waals surface area contributed by atoms with E-state index in [1.54, 1.807) is 7.11 Å². The molecule has 0 aliphatic carbocycles. The molecule has 0 radical (unpaired) electrons. The van der Waals surface area contributed by atoms with Gasteiger partial charge in [0.15, 0.2) is 0 Å². The molecule has 0 fully saturated rings. The number of ether oxygens (including phenoxy) is 1. The number of rotatable bonds is 4. The maximum Gasteiger partial charge on any atom is 0.119 e. The third-order valence-electron chi connectivity index (χ3n) is 2.86. The summed E-state index contributed by atoms with van der Waals surface area (Å²) < 4.78 is 5.19. The van der Waals surface area contributed by atoms with E-state index < -0.39 is 0 Å². The molecular weight excluding hydrogens is 186 g/mol. The standard InChI is InChI=1S/C13H21NO/c1-10-8-12(15-5)7-6-11(10)9-13(2,3)14-4/h6-8,14H,9H2,1-5H3. The molecule has 1 aromatic rings. The number of nitrogens with one attached hydrogen (secondary N) is 1. The van der Waals surface area contributed by atoms with Crippen LogP contribution in [0, 0.1) is 6.92 Å². The Morgan fingerprint density at radius 2 is 2.00 bits per heavy atom. The highest BCUT2D eigenvalue weighted by molar-refractivity contribution is 5.35. The fraction of sp³-hybridized carbons (Fsp3) is 0.538. The van der Waals surface area contributed by atoms with Crippen LogP contribution in [-0.2, 0) is 6.42 Å². The number of benzene rings is 1. The van der Waals surface area contributed by atoms with Crippen molar-refractivity contribution in [2.24, 2.45) is 0 Å². The summed E-state index contributed by atoms with van der Waals surface area (Å²) in [6.45, 7) is 6.54. The van der Waals surface area contributed by atoms with Crippen LogP contribution in [-0.4, -0.2) is 19.7 Å². The van der Waals surface area contributed by atoms with Gasteiger partial charge in [-0.05, 0) is 57.5 Å². The van der Waals surface area contributed by atoms with Crippen LogP contribution in [0.5, 0.6) is 5.75 Å². The number of hydrogen-bond donors (Lipinski definition) is 1. The first-order valence-corrected chi connectivity index (χ1v) is 5.31. The minimum absolute atomic E-state index is 0.138. The highest BCUT2D eigenvalue weighted by atomic mass is 16.5. The van der Waals surface area contributed by atoms with E-state index >= 15 is 0 Å². The van der Waals surface area contributed by atoms with Gasteiger partial charge in [-0.2, -0.15) is 0 Å². The number of hydrogen-bond acceptors (Lipinski definition) is 2. The molecule has 0 aromatic heterocycles. The second-order valence-corrected chi connectivity index (χ2v) is 4.60. The number of aryl methyl sites for hydroxylation is 1. The molecule has 1 rings (SSSR count). The van der Waals surface area contributed by atoms with Gasteiger partial charge in [-0.1, -0.05) is 6.07 Å². The molecule has 0 saturated heterocycles. The maximum absolute atomic E-state index is 5.19. The van der Waals surface area contributed by atoms with E-state index in [0.717, 1.165) is 12.2 Å². The molecule has 0 aliphatic rings. The molecule has 0 atom stereocenters. The van der Waals surface area contributed by atoms with Crippen molar-refractivity contribution < 1.29 is 4.74 Å². The molecule has 1 aromatic carbocycles. The van der Waals surface area contributed by atoms with Gasteiger partial charge < -0.3 is 10.1 Å². The number of methoxy groups -OCH3 is 1. The Morgan fingerprint density at radius 1 is 1.33 bits per heavy atom. The van der Waals surface area contributed by atoms with Crippen molar-refractivity contribution in [1.29, 1.82) is 0 Å². The zero-order valence-corrected chi connectivity index (χ0v) is 10.3. The third-order valence-corrected chi connectivity index (χ3v) is 2.86. The van der Waals surface area contributed by atoms with Gasteiger partial charge in [0.2, 0.25) is 0 Å². The van der Waals surface area contributed by atoms with Gasteiger partial charge in [-0.3, -0.25) is 0 Å². The molecular formula is C13H21NO. The summed E-state index contributed by atoms with van der Waals surface area (Å²) in [5.74, 6) is 0.929. The molecule has 0 unspecified atom stereocenters. The molecule has 0 bridgehead atoms. The lowest BCUT2D eigenvalue weighted by molar-refractivity contribution is 0.410. The van der Waals surface area contributed by atoms with Crippen molar-refractivity contribution >= 4 is 0 Å². The van der Waals surface area contributed by atoms with E-state index in [-0.39, 0.29) is 5.54 Å². The lowest BCUT2D eigenvalue weighted by atomic mass is 9.92. The quantitative estimate of drug-likeness (QED) is 0.819. The van der Waals surface area contributed by atoms with Gasteiger partial charge in [-0.25, -0.2) is 0 Å². The highest BCUT2D eigenvalue weighted by Crippen LogP contribution is 2.20. The Morgan fingerprint density at radius 3 is 2.47 bits per heavy atom. The van der Waals surface area contributed by atoms with E-state index in [9.17, 15) is 0 Å². The van der Waals surface area contributed by atoms with Gasteiger partial charge >= 0.3 is 0 Å². The van der Waals surface area contributed by atoms with Gasteiger partial charge in [0, 0.05) is 5.54 Å². The molecule has 15 heavy (non-hydrogen) atoms. The molecule has 0 amide bonds. The van der Waals surface area contributed by atoms with E-state index in [0.29, 0.717) is 0 Å². The second-order valence-electron chi connectivity index (χ2n) is 4.60. The summed E-state index contributed by atoms with van der Waals surface area (Å²) in [5.41, 5.74) is 2.80. The zero-order chi connectivity index (χ0) is 11.5. The van der Waals surface area contributed by atoms with Crippen LogP contribution in [0.1, 0.15) is 25.0 Å². The Balaban J connectivity index is 2.87. The second kappa shape index (κ2) is 4.67. The largest absolute Gasteiger partial charge is 0.497 e. The lowest BCUT2D eigenvalue weighted by Crippen LogP contribution is -2.38. The van der Waals surface area contributed by atoms with Crippen LogP contribution < -0.4 is 10.1 Å². The Hall–Kier alpha value is -1.02. The highest BCUT2D eigenvalue weighted by Gasteiger charge is 2.16. The van der Waals surface area contributed by atoms with Gasteiger partial charge in [0.05, 0.1) is 7.11 Å². The Kier molecular flexibility index (Phi) is 3.75. The predicted molar refractivity (Wildman–Crippen MR) is 64.6 cm³/mol. The topological polar surface area (TPSA) is 21.3 Å². The first-order valence-electron chi connectivity index (χ1n) is 5.31. The average molecular weight is 207 g/mol. The third kappa shape index (κ3) is 3.24. The van der Waals surface area contributed by atoms with Gasteiger partial charge in [0.1, 0.15) is 5.75 Å². The summed E-state index contributed by atoms with van der Waals surface area (Å²) >= 11 is 0. The number of likely N-dealkylation sites (N-methyl/N-ethyl adjacent to an activating group) is 1. The maximum atomic E-state index is 5.19. The molecule has 0 spiro atoms. The summed E-state index contributed by atoms with van der Waals surface area (Å²) in [5, 5.41) is 3.31. The molecule has 1 N–H and O–H groups in total. The van der Waals surface area contributed by atoms with Gasteiger partial charge in [0.25, 0.3) is 0 Å². The van der Waals surface area contributed by atoms with Crippen molar-refractivity contribution in [2.75, 3.05) is 14.2 Å². The minimum atomic E-state index is 0.138. The van der Waals surface area contributed by atoms with Gasteiger partial charge in [-0.15, -0.1) is 0 Å². The van der Waals surface area contributed by atoms with E-state index in [1.165, 1.54) is 11.1 Å². The summed E-state index contributed by atoms with van der Waals surface area (Å²) in [7, 11) is 3.70. The normalized spacial score (nSPS) is 11.5. The van der Waals surface area contributed by atoms with Crippen LogP contribution in [0.2, 0.25) is 0 Å². The fourth-order valence-corrected chi connectivity index (χ4v) is 1.56. The van der Waals surface area contributed by atoms with E-state index in [2.05, 4.69) is 38.2 Å². The first-order chi connectivity index (χ1) is 6.98. The summed E-state index contributed by atoms with van der Waals surface area (Å²) in [6.07, 6.45) is 1.03. The molecule has 84 valence electrons. The van der Waals surface area contributed by atoms with Crippen LogP contribution in [0.3, 0.4) is 0 Å². The zero-order valence-electron chi connectivity index (χ0n) is 10.3. The Bertz CT molecular complexity index is 331. The van der Waals surface area contributed by atoms with Crippen molar-refractivity contribution in [2.45, 2.75) is 32.7 Å². The predicted octanol–water partition coefficient (Wildman–Crippen LogP) is 2.54. The summed E-state index contributed by atoms with van der Waals surface area (Å²) in [4.78, 5) is 0. The van der Waals surface area contributed by atoms with E-state index in [1.807, 2.05) is 13.1 Å². The van der Waals surface area contributed by atoms with Crippen molar-refractivity contribution in [3.63, 3.8) is 0 Å². The molecule has 2 heteroatoms. The fourth-order valence-electron chi connectivity index (χ4n) is 1.56. The molecule has 0 saturated carbocycles. The van der Waals surface area contributed by atoms with Crippen molar-refractivity contribution in [3.05, 3.63) is 29.3 Å². The molecule has 2 nitrogen and oxygen atoms in total. The lowest BCUT2D eigenvalue weighted by Gasteiger charge is -2.25. The first kappa shape index (κ1) is 12.1. The molecule has 0 aliphatic heterocycles. The smallest absolute Gasteiger partial charge is 0.119 e. The van der Waals surface area contributed by atoms with Crippen molar-refractivity contribution in [3.8, 4) is 5.75 Å². The van der Waals surface area contributed by atoms with Crippen molar-refractivity contribution in [1.82, 2.24) is 5.32 Å². The van der Waals surface area contributed by atoms with Crippen LogP contribution in [0.25, 0.3) is 0 Å².